The molecule has 0 saturated heterocycles. The van der Waals surface area contributed by atoms with Crippen molar-refractivity contribution in [3.8, 4) is 0 Å². The molecule has 18 heavy (non-hydrogen) atoms. The first kappa shape index (κ1) is 14.2. The highest BCUT2D eigenvalue weighted by Gasteiger charge is 2.12. The second-order valence-electron chi connectivity index (χ2n) is 3.24. The predicted octanol–water partition coefficient (Wildman–Crippen LogP) is 2.75. The van der Waals surface area contributed by atoms with Crippen LogP contribution in [0.15, 0.2) is 18.2 Å². The monoisotopic (exact) mass is 272 g/mol. The van der Waals surface area contributed by atoms with Crippen molar-refractivity contribution in [2.24, 2.45) is 0 Å². The van der Waals surface area contributed by atoms with E-state index < -0.39 is 17.8 Å². The summed E-state index contributed by atoms with van der Waals surface area (Å²) in [5, 5.41) is 8.62. The van der Waals surface area contributed by atoms with E-state index in [-0.39, 0.29) is 22.8 Å². The summed E-state index contributed by atoms with van der Waals surface area (Å²) in [6.45, 7) is 1.86. The molecule has 1 rings (SSSR count). The highest BCUT2D eigenvalue weighted by molar-refractivity contribution is 6.33. The first-order valence-electron chi connectivity index (χ1n) is 5.03. The van der Waals surface area contributed by atoms with Crippen LogP contribution in [-0.2, 0) is 9.53 Å². The van der Waals surface area contributed by atoms with Gasteiger partial charge in [-0.25, -0.2) is 14.0 Å². The third-order valence-electron chi connectivity index (χ3n) is 2.00. The molecule has 1 N–H and O–H groups in total. The molecule has 0 radical (unpaired) electrons. The Morgan fingerprint density at radius 3 is 2.72 bits per heavy atom. The van der Waals surface area contributed by atoms with Gasteiger partial charge in [-0.15, -0.1) is 0 Å². The molecule has 0 heterocycles. The predicted molar refractivity (Wildman–Crippen MR) is 64.0 cm³/mol. The van der Waals surface area contributed by atoms with E-state index >= 15 is 0 Å². The zero-order valence-electron chi connectivity index (χ0n) is 9.44. The fourth-order valence-electron chi connectivity index (χ4n) is 1.20. The Balaban J connectivity index is 3.02. The minimum Gasteiger partial charge on any atom is -0.478 e. The van der Waals surface area contributed by atoms with E-state index in [1.807, 2.05) is 0 Å². The molecular formula is C12H10ClFO4. The Hall–Kier alpha value is -1.88. The maximum atomic E-state index is 13.5. The van der Waals surface area contributed by atoms with E-state index in [1.165, 1.54) is 6.08 Å². The maximum Gasteiger partial charge on any atom is 0.337 e. The van der Waals surface area contributed by atoms with E-state index in [2.05, 4.69) is 4.74 Å². The summed E-state index contributed by atoms with van der Waals surface area (Å²) in [6, 6.07) is 1.94. The van der Waals surface area contributed by atoms with Crippen LogP contribution >= 0.6 is 11.6 Å². The Morgan fingerprint density at radius 2 is 2.17 bits per heavy atom. The van der Waals surface area contributed by atoms with Gasteiger partial charge in [0.15, 0.2) is 0 Å². The molecule has 0 saturated carbocycles. The Kier molecular flexibility index (Phi) is 4.85. The molecule has 1 aromatic carbocycles. The van der Waals surface area contributed by atoms with Crippen LogP contribution in [0.4, 0.5) is 4.39 Å². The van der Waals surface area contributed by atoms with E-state index in [9.17, 15) is 14.0 Å². The first-order valence-corrected chi connectivity index (χ1v) is 5.40. The third kappa shape index (κ3) is 3.56. The molecule has 1 aromatic rings. The summed E-state index contributed by atoms with van der Waals surface area (Å²) in [5.74, 6) is -2.72. The number of benzene rings is 1. The minimum atomic E-state index is -1.32. The van der Waals surface area contributed by atoms with Gasteiger partial charge in [0.25, 0.3) is 0 Å². The van der Waals surface area contributed by atoms with Crippen molar-refractivity contribution in [3.63, 3.8) is 0 Å². The van der Waals surface area contributed by atoms with Crippen LogP contribution in [0.25, 0.3) is 6.08 Å². The lowest BCUT2D eigenvalue weighted by Gasteiger charge is -2.02. The van der Waals surface area contributed by atoms with Gasteiger partial charge in [0.2, 0.25) is 0 Å². The topological polar surface area (TPSA) is 63.6 Å². The summed E-state index contributed by atoms with van der Waals surface area (Å²) in [7, 11) is 0. The number of carbonyl (C=O) groups excluding carboxylic acids is 1. The summed E-state index contributed by atoms with van der Waals surface area (Å²) >= 11 is 5.68. The smallest absolute Gasteiger partial charge is 0.337 e. The van der Waals surface area contributed by atoms with Crippen molar-refractivity contribution in [2.45, 2.75) is 6.92 Å². The molecule has 0 atom stereocenters. The van der Waals surface area contributed by atoms with Gasteiger partial charge >= 0.3 is 11.9 Å². The first-order chi connectivity index (χ1) is 8.45. The van der Waals surface area contributed by atoms with Crippen LogP contribution in [0, 0.1) is 5.82 Å². The fourth-order valence-corrected chi connectivity index (χ4v) is 1.45. The average Bonchev–Trinajstić information content (AvgIpc) is 2.29. The highest BCUT2D eigenvalue weighted by atomic mass is 35.5. The maximum absolute atomic E-state index is 13.5. The molecule has 0 amide bonds. The van der Waals surface area contributed by atoms with Gasteiger partial charge in [0.1, 0.15) is 5.82 Å². The summed E-state index contributed by atoms with van der Waals surface area (Å²) in [6.07, 6.45) is 2.21. The van der Waals surface area contributed by atoms with Crippen molar-refractivity contribution in [2.75, 3.05) is 6.61 Å². The Morgan fingerprint density at radius 1 is 1.50 bits per heavy atom. The number of rotatable bonds is 4. The van der Waals surface area contributed by atoms with Gasteiger partial charge in [-0.3, -0.25) is 0 Å². The lowest BCUT2D eigenvalue weighted by atomic mass is 10.1. The summed E-state index contributed by atoms with van der Waals surface area (Å²) < 4.78 is 18.1. The number of hydrogen-bond acceptors (Lipinski definition) is 3. The van der Waals surface area contributed by atoms with Crippen molar-refractivity contribution in [1.82, 2.24) is 0 Å². The van der Waals surface area contributed by atoms with Crippen LogP contribution in [0.5, 0.6) is 0 Å². The van der Waals surface area contributed by atoms with Crippen LogP contribution < -0.4 is 0 Å². The lowest BCUT2D eigenvalue weighted by Crippen LogP contribution is -2.01. The van der Waals surface area contributed by atoms with Gasteiger partial charge in [-0.1, -0.05) is 11.6 Å². The number of ether oxygens (including phenoxy) is 1. The number of carbonyl (C=O) groups is 2. The number of carboxylic acid groups (broad SMARTS) is 1. The molecule has 0 unspecified atom stereocenters. The van der Waals surface area contributed by atoms with E-state index in [4.69, 9.17) is 16.7 Å². The standard InChI is InChI=1S/C12H10ClFO4/c1-2-18-11(15)4-3-7-5-9(13)8(12(16)17)6-10(7)14/h3-6H,2H2,1H3,(H,16,17). The number of hydrogen-bond donors (Lipinski definition) is 1. The summed E-state index contributed by atoms with van der Waals surface area (Å²) in [5.41, 5.74) is -0.319. The second-order valence-corrected chi connectivity index (χ2v) is 3.65. The van der Waals surface area contributed by atoms with Gasteiger partial charge < -0.3 is 9.84 Å². The number of aromatic carboxylic acids is 1. The molecule has 0 aliphatic rings. The van der Waals surface area contributed by atoms with Crippen molar-refractivity contribution in [1.29, 1.82) is 0 Å². The van der Waals surface area contributed by atoms with Gasteiger partial charge in [0, 0.05) is 11.6 Å². The molecule has 0 bridgehead atoms. The Bertz CT molecular complexity index is 511. The number of esters is 1. The second kappa shape index (κ2) is 6.16. The largest absolute Gasteiger partial charge is 0.478 e. The van der Waals surface area contributed by atoms with Gasteiger partial charge in [-0.2, -0.15) is 0 Å². The summed E-state index contributed by atoms with van der Waals surface area (Å²) in [4.78, 5) is 21.7. The minimum absolute atomic E-state index is 0.0121. The zero-order valence-corrected chi connectivity index (χ0v) is 10.2. The number of halogens is 2. The molecule has 96 valence electrons. The fraction of sp³-hybridized carbons (Fsp3) is 0.167. The van der Waals surface area contributed by atoms with Crippen molar-refractivity contribution >= 4 is 29.6 Å². The SMILES string of the molecule is CCOC(=O)C=Cc1cc(Cl)c(C(=O)O)cc1F. The van der Waals surface area contributed by atoms with Crippen molar-refractivity contribution in [3.05, 3.63) is 40.2 Å². The molecule has 0 aliphatic heterocycles. The molecule has 4 nitrogen and oxygen atoms in total. The lowest BCUT2D eigenvalue weighted by molar-refractivity contribution is -0.137. The normalized spacial score (nSPS) is 10.6. The van der Waals surface area contributed by atoms with Gasteiger partial charge in [0.05, 0.1) is 17.2 Å². The quantitative estimate of drug-likeness (QED) is 0.676. The molecular weight excluding hydrogens is 263 g/mol. The molecule has 0 spiro atoms. The highest BCUT2D eigenvalue weighted by Crippen LogP contribution is 2.22. The van der Waals surface area contributed by atoms with E-state index in [0.29, 0.717) is 0 Å². The molecule has 6 heteroatoms. The molecule has 0 fully saturated rings. The van der Waals surface area contributed by atoms with Crippen molar-refractivity contribution < 1.29 is 23.8 Å². The van der Waals surface area contributed by atoms with Crippen LogP contribution in [0.1, 0.15) is 22.8 Å². The van der Waals surface area contributed by atoms with E-state index in [1.54, 1.807) is 6.92 Å². The molecule has 0 aliphatic carbocycles. The third-order valence-corrected chi connectivity index (χ3v) is 2.32. The Labute approximate surface area is 108 Å². The van der Waals surface area contributed by atoms with Crippen LogP contribution in [0.2, 0.25) is 5.02 Å². The zero-order chi connectivity index (χ0) is 13.7. The van der Waals surface area contributed by atoms with Crippen LogP contribution in [0.3, 0.4) is 0 Å². The molecule has 0 aromatic heterocycles. The number of carboxylic acids is 1. The average molecular weight is 273 g/mol. The van der Waals surface area contributed by atoms with Crippen LogP contribution in [-0.4, -0.2) is 23.7 Å². The van der Waals surface area contributed by atoms with Gasteiger partial charge in [-0.05, 0) is 25.1 Å². The van der Waals surface area contributed by atoms with E-state index in [0.717, 1.165) is 18.2 Å².